The quantitative estimate of drug-likeness (QED) is 0.533. The molecule has 6 rings (SSSR count). The number of carbonyl (C=O) groups excluding carboxylic acids is 4. The van der Waals surface area contributed by atoms with Gasteiger partial charge >= 0.3 is 6.03 Å². The van der Waals surface area contributed by atoms with Crippen LogP contribution in [0.1, 0.15) is 38.3 Å². The number of anilines is 1. The van der Waals surface area contributed by atoms with Crippen molar-refractivity contribution in [1.82, 2.24) is 30.2 Å². The second kappa shape index (κ2) is 8.64. The van der Waals surface area contributed by atoms with Crippen LogP contribution in [0.2, 0.25) is 0 Å². The van der Waals surface area contributed by atoms with E-state index in [1.807, 2.05) is 6.07 Å². The van der Waals surface area contributed by atoms with Gasteiger partial charge in [-0.25, -0.2) is 19.8 Å². The summed E-state index contributed by atoms with van der Waals surface area (Å²) in [6.07, 6.45) is 1.65. The number of amides is 5. The number of benzene rings is 1. The van der Waals surface area contributed by atoms with Crippen LogP contribution in [0.15, 0.2) is 29.9 Å². The van der Waals surface area contributed by atoms with Crippen molar-refractivity contribution >= 4 is 51.1 Å². The van der Waals surface area contributed by atoms with Crippen LogP contribution < -0.4 is 10.2 Å². The topological polar surface area (TPSA) is 119 Å². The van der Waals surface area contributed by atoms with Crippen molar-refractivity contribution < 1.29 is 19.2 Å². The first-order valence-electron chi connectivity index (χ1n) is 11.7. The van der Waals surface area contributed by atoms with Gasteiger partial charge in [-0.15, -0.1) is 11.3 Å². The van der Waals surface area contributed by atoms with Gasteiger partial charge < -0.3 is 4.90 Å². The minimum absolute atomic E-state index is 0.0170. The van der Waals surface area contributed by atoms with Crippen molar-refractivity contribution in [2.24, 2.45) is 0 Å². The summed E-state index contributed by atoms with van der Waals surface area (Å²) < 4.78 is 0. The van der Waals surface area contributed by atoms with E-state index in [-0.39, 0.29) is 24.1 Å². The molecule has 3 aliphatic heterocycles. The molecule has 2 saturated heterocycles. The van der Waals surface area contributed by atoms with E-state index in [1.165, 1.54) is 5.56 Å². The second-order valence-electron chi connectivity index (χ2n) is 9.09. The molecule has 36 heavy (non-hydrogen) atoms. The normalized spacial score (nSPS) is 18.9. The number of imide groups is 2. The maximum Gasteiger partial charge on any atom is 0.343 e. The smallest absolute Gasteiger partial charge is 0.343 e. The third kappa shape index (κ3) is 3.69. The minimum Gasteiger partial charge on any atom is -0.353 e. The SMILES string of the molecule is Cc1csc2ncnc(N3CCN(Cc4ccc5c(c4)C(=O)N(N4CCC(=O)NC4=O)C5=O)CC3)c12. The van der Waals surface area contributed by atoms with Crippen molar-refractivity contribution in [2.75, 3.05) is 37.6 Å². The van der Waals surface area contributed by atoms with Crippen LogP contribution in [0, 0.1) is 6.92 Å². The van der Waals surface area contributed by atoms with E-state index in [4.69, 9.17) is 0 Å². The second-order valence-corrected chi connectivity index (χ2v) is 9.95. The van der Waals surface area contributed by atoms with Crippen LogP contribution in [0.4, 0.5) is 10.6 Å². The molecule has 0 saturated carbocycles. The first kappa shape index (κ1) is 22.6. The summed E-state index contributed by atoms with van der Waals surface area (Å²) in [5.74, 6) is -0.557. The molecular weight excluding hydrogens is 482 g/mol. The number of hydrogen-bond acceptors (Lipinski definition) is 9. The molecule has 1 aromatic carbocycles. The van der Waals surface area contributed by atoms with Gasteiger partial charge in [-0.1, -0.05) is 6.07 Å². The number of hydrogen-bond donors (Lipinski definition) is 1. The molecule has 5 amide bonds. The van der Waals surface area contributed by atoms with E-state index in [1.54, 1.807) is 29.8 Å². The highest BCUT2D eigenvalue weighted by atomic mass is 32.1. The number of hydrazine groups is 1. The molecule has 184 valence electrons. The number of urea groups is 1. The van der Waals surface area contributed by atoms with Crippen LogP contribution in [0.25, 0.3) is 10.2 Å². The maximum absolute atomic E-state index is 13.1. The Morgan fingerprint density at radius 3 is 2.53 bits per heavy atom. The number of aromatic nitrogens is 2. The molecule has 3 aliphatic rings. The van der Waals surface area contributed by atoms with Crippen LogP contribution in [-0.4, -0.2) is 81.4 Å². The molecule has 2 fully saturated rings. The van der Waals surface area contributed by atoms with Crippen LogP contribution in [-0.2, 0) is 11.3 Å². The standard InChI is InChI=1S/C24H23N7O4S/c1-14-12-36-21-19(14)20(25-13-26-21)29-8-6-28(7-9-29)11-15-2-3-16-17(10-15)23(34)31(22(16)33)30-5-4-18(32)27-24(30)35/h2-3,10,12-13H,4-9,11H2,1H3,(H,27,32,35). The Bertz CT molecular complexity index is 1430. The average Bonchev–Trinajstić information content (AvgIpc) is 3.37. The number of aryl methyl sites for hydroxylation is 1. The highest BCUT2D eigenvalue weighted by Gasteiger charge is 2.43. The van der Waals surface area contributed by atoms with Gasteiger partial charge in [0.2, 0.25) is 5.91 Å². The molecule has 12 heteroatoms. The lowest BCUT2D eigenvalue weighted by molar-refractivity contribution is -0.122. The summed E-state index contributed by atoms with van der Waals surface area (Å²) in [6, 6.07) is 4.46. The van der Waals surface area contributed by atoms with Gasteiger partial charge in [0.1, 0.15) is 17.0 Å². The molecule has 0 spiro atoms. The van der Waals surface area contributed by atoms with E-state index in [2.05, 4.69) is 37.4 Å². The molecule has 5 heterocycles. The Balaban J connectivity index is 1.14. The largest absolute Gasteiger partial charge is 0.353 e. The van der Waals surface area contributed by atoms with Gasteiger partial charge in [-0.05, 0) is 35.6 Å². The van der Waals surface area contributed by atoms with Crippen LogP contribution in [0.3, 0.4) is 0 Å². The number of rotatable bonds is 4. The van der Waals surface area contributed by atoms with Crippen LogP contribution in [0.5, 0.6) is 0 Å². The van der Waals surface area contributed by atoms with Crippen molar-refractivity contribution in [2.45, 2.75) is 19.9 Å². The molecule has 3 aromatic rings. The molecule has 2 aromatic heterocycles. The predicted octanol–water partition coefficient (Wildman–Crippen LogP) is 1.77. The number of thiophene rings is 1. The van der Waals surface area contributed by atoms with E-state index in [9.17, 15) is 19.2 Å². The van der Waals surface area contributed by atoms with Crippen molar-refractivity contribution in [1.29, 1.82) is 0 Å². The summed E-state index contributed by atoms with van der Waals surface area (Å²) >= 11 is 1.63. The van der Waals surface area contributed by atoms with Gasteiger partial charge in [0.25, 0.3) is 11.8 Å². The average molecular weight is 506 g/mol. The lowest BCUT2D eigenvalue weighted by Crippen LogP contribution is -2.58. The molecule has 0 bridgehead atoms. The lowest BCUT2D eigenvalue weighted by atomic mass is 10.1. The van der Waals surface area contributed by atoms with Crippen molar-refractivity contribution in [3.8, 4) is 0 Å². The summed E-state index contributed by atoms with van der Waals surface area (Å²) in [5, 5.41) is 7.22. The van der Waals surface area contributed by atoms with E-state index >= 15 is 0 Å². The van der Waals surface area contributed by atoms with E-state index < -0.39 is 23.8 Å². The third-order valence-electron chi connectivity index (χ3n) is 6.81. The number of nitrogens with zero attached hydrogens (tertiary/aromatic N) is 6. The first-order chi connectivity index (χ1) is 17.4. The third-order valence-corrected chi connectivity index (χ3v) is 7.82. The fraction of sp³-hybridized carbons (Fsp3) is 0.333. The van der Waals surface area contributed by atoms with E-state index in [0.29, 0.717) is 6.54 Å². The number of carbonyl (C=O) groups is 4. The van der Waals surface area contributed by atoms with Crippen molar-refractivity contribution in [3.63, 3.8) is 0 Å². The lowest BCUT2D eigenvalue weighted by Gasteiger charge is -2.35. The Morgan fingerprint density at radius 2 is 1.75 bits per heavy atom. The Labute approximate surface area is 210 Å². The van der Waals surface area contributed by atoms with Gasteiger partial charge in [0.15, 0.2) is 0 Å². The summed E-state index contributed by atoms with van der Waals surface area (Å²) in [4.78, 5) is 64.1. The van der Waals surface area contributed by atoms with Crippen LogP contribution >= 0.6 is 11.3 Å². The summed E-state index contributed by atoms with van der Waals surface area (Å²) in [5.41, 5.74) is 2.64. The Kier molecular flexibility index (Phi) is 5.41. The molecule has 11 nitrogen and oxygen atoms in total. The highest BCUT2D eigenvalue weighted by Crippen LogP contribution is 2.31. The van der Waals surface area contributed by atoms with E-state index in [0.717, 1.165) is 57.8 Å². The summed E-state index contributed by atoms with van der Waals surface area (Å²) in [6.45, 7) is 6.00. The number of piperazine rings is 1. The molecule has 0 unspecified atom stereocenters. The zero-order valence-corrected chi connectivity index (χ0v) is 20.4. The summed E-state index contributed by atoms with van der Waals surface area (Å²) in [7, 11) is 0. The highest BCUT2D eigenvalue weighted by molar-refractivity contribution is 7.17. The maximum atomic E-state index is 13.1. The Hall–Kier alpha value is -3.90. The fourth-order valence-corrected chi connectivity index (χ4v) is 5.84. The molecule has 0 atom stereocenters. The van der Waals surface area contributed by atoms with Gasteiger partial charge in [0.05, 0.1) is 23.1 Å². The molecular formula is C24H23N7O4S. The fourth-order valence-electron chi connectivity index (χ4n) is 4.95. The molecule has 0 aliphatic carbocycles. The molecule has 1 N–H and O–H groups in total. The predicted molar refractivity (Wildman–Crippen MR) is 131 cm³/mol. The van der Waals surface area contributed by atoms with Gasteiger partial charge in [-0.3, -0.25) is 24.6 Å². The van der Waals surface area contributed by atoms with Gasteiger partial charge in [0, 0.05) is 39.1 Å². The zero-order chi connectivity index (χ0) is 25.0. The number of fused-ring (bicyclic) bond motifs is 2. The number of nitrogens with one attached hydrogen (secondary N) is 1. The minimum atomic E-state index is -0.766. The Morgan fingerprint density at radius 1 is 0.972 bits per heavy atom. The van der Waals surface area contributed by atoms with Crippen molar-refractivity contribution in [3.05, 3.63) is 52.2 Å². The zero-order valence-electron chi connectivity index (χ0n) is 19.6. The molecule has 0 radical (unpaired) electrons. The monoisotopic (exact) mass is 505 g/mol. The van der Waals surface area contributed by atoms with Gasteiger partial charge in [-0.2, -0.15) is 5.01 Å². The first-order valence-corrected chi connectivity index (χ1v) is 12.6.